The fraction of sp³-hybridized carbons (Fsp3) is 0.184. The SMILES string of the molecule is CC(=O)c1cccc(NC(=O)c2cccc(C3O[C@H](CSc4cccc[n+]4[O-])[C@@H](c4ccccc4)[C@H](c4ccc(CO)cc4)O3)c2)c1. The minimum Gasteiger partial charge on any atom is -0.618 e. The highest BCUT2D eigenvalue weighted by atomic mass is 32.2. The largest absolute Gasteiger partial charge is 0.618 e. The lowest BCUT2D eigenvalue weighted by atomic mass is 9.84. The van der Waals surface area contributed by atoms with Crippen LogP contribution in [0, 0.1) is 5.21 Å². The predicted molar refractivity (Wildman–Crippen MR) is 180 cm³/mol. The molecule has 4 atom stereocenters. The van der Waals surface area contributed by atoms with Gasteiger partial charge in [0.1, 0.15) is 0 Å². The summed E-state index contributed by atoms with van der Waals surface area (Å²) in [5.41, 5.74) is 4.82. The second-order valence-corrected chi connectivity index (χ2v) is 12.3. The second kappa shape index (κ2) is 14.7. The van der Waals surface area contributed by atoms with Crippen molar-refractivity contribution in [2.45, 2.75) is 43.0 Å². The molecule has 2 N–H and O–H groups in total. The molecule has 4 aromatic carbocycles. The van der Waals surface area contributed by atoms with E-state index in [0.29, 0.717) is 33.2 Å². The van der Waals surface area contributed by atoms with Crippen LogP contribution in [-0.4, -0.2) is 28.7 Å². The third-order valence-electron chi connectivity index (χ3n) is 8.10. The summed E-state index contributed by atoms with van der Waals surface area (Å²) in [5, 5.41) is 25.6. The molecule has 47 heavy (non-hydrogen) atoms. The molecule has 9 heteroatoms. The van der Waals surface area contributed by atoms with Gasteiger partial charge in [-0.25, -0.2) is 0 Å². The molecule has 1 aliphatic heterocycles. The summed E-state index contributed by atoms with van der Waals surface area (Å²) in [4.78, 5) is 25.2. The monoisotopic (exact) mass is 646 g/mol. The number of benzene rings is 4. The lowest BCUT2D eigenvalue weighted by Crippen LogP contribution is -2.39. The molecular formula is C38H34N2O6S. The van der Waals surface area contributed by atoms with Crippen LogP contribution >= 0.6 is 11.8 Å². The van der Waals surface area contributed by atoms with Gasteiger partial charge in [-0.15, -0.1) is 0 Å². The Labute approximate surface area is 277 Å². The summed E-state index contributed by atoms with van der Waals surface area (Å²) in [7, 11) is 0. The summed E-state index contributed by atoms with van der Waals surface area (Å²) in [6.07, 6.45) is -0.192. The van der Waals surface area contributed by atoms with Crippen molar-refractivity contribution in [2.24, 2.45) is 0 Å². The van der Waals surface area contributed by atoms with Gasteiger partial charge in [-0.05, 0) is 53.9 Å². The van der Waals surface area contributed by atoms with Crippen molar-refractivity contribution in [1.82, 2.24) is 0 Å². The zero-order valence-corrected chi connectivity index (χ0v) is 26.5. The second-order valence-electron chi connectivity index (χ2n) is 11.3. The number of rotatable bonds is 10. The highest BCUT2D eigenvalue weighted by molar-refractivity contribution is 7.99. The molecule has 0 radical (unpaired) electrons. The number of thioether (sulfide) groups is 1. The number of aliphatic hydroxyl groups is 1. The summed E-state index contributed by atoms with van der Waals surface area (Å²) in [6, 6.07) is 36.9. The Balaban J connectivity index is 1.34. The molecule has 1 aliphatic rings. The van der Waals surface area contributed by atoms with Crippen molar-refractivity contribution in [3.05, 3.63) is 166 Å². The van der Waals surface area contributed by atoms with Gasteiger partial charge in [-0.2, -0.15) is 4.73 Å². The molecule has 0 aliphatic carbocycles. The molecule has 0 spiro atoms. The first kappa shape index (κ1) is 32.2. The lowest BCUT2D eigenvalue weighted by Gasteiger charge is -2.43. The smallest absolute Gasteiger partial charge is 0.255 e. The predicted octanol–water partition coefficient (Wildman–Crippen LogP) is 7.00. The first-order valence-corrected chi connectivity index (χ1v) is 16.3. The number of aromatic nitrogens is 1. The fourth-order valence-corrected chi connectivity index (χ4v) is 6.67. The molecule has 1 aromatic heterocycles. The molecule has 2 heterocycles. The van der Waals surface area contributed by atoms with E-state index in [1.807, 2.05) is 66.7 Å². The van der Waals surface area contributed by atoms with Crippen molar-refractivity contribution in [3.8, 4) is 0 Å². The Morgan fingerprint density at radius 3 is 2.28 bits per heavy atom. The minimum atomic E-state index is -0.827. The number of ether oxygens (including phenoxy) is 2. The Hall–Kier alpha value is -4.80. The number of hydrogen-bond acceptors (Lipinski definition) is 7. The molecule has 0 bridgehead atoms. The Morgan fingerprint density at radius 2 is 1.53 bits per heavy atom. The number of hydrogen-bond donors (Lipinski definition) is 2. The Morgan fingerprint density at radius 1 is 0.809 bits per heavy atom. The zero-order valence-electron chi connectivity index (χ0n) is 25.7. The van der Waals surface area contributed by atoms with Crippen LogP contribution in [0.25, 0.3) is 0 Å². The maximum absolute atomic E-state index is 13.3. The summed E-state index contributed by atoms with van der Waals surface area (Å²) in [5.74, 6) is -0.195. The summed E-state index contributed by atoms with van der Waals surface area (Å²) >= 11 is 1.41. The van der Waals surface area contributed by atoms with E-state index in [9.17, 15) is 19.9 Å². The number of Topliss-reactive ketones (excluding diaryl/α,β-unsaturated/α-hetero) is 1. The average Bonchev–Trinajstić information content (AvgIpc) is 3.11. The van der Waals surface area contributed by atoms with Crippen LogP contribution < -0.4 is 10.0 Å². The van der Waals surface area contributed by atoms with E-state index in [4.69, 9.17) is 9.47 Å². The number of nitrogens with zero attached hydrogens (tertiary/aromatic N) is 1. The van der Waals surface area contributed by atoms with E-state index < -0.39 is 18.5 Å². The zero-order chi connectivity index (χ0) is 32.8. The number of amides is 1. The molecule has 1 amide bonds. The maximum Gasteiger partial charge on any atom is 0.255 e. The normalized spacial score (nSPS) is 19.2. The van der Waals surface area contributed by atoms with Crippen LogP contribution in [-0.2, 0) is 16.1 Å². The number of nitrogens with one attached hydrogen (secondary N) is 1. The van der Waals surface area contributed by atoms with Gasteiger partial charge in [0.05, 0.1) is 18.8 Å². The van der Waals surface area contributed by atoms with Gasteiger partial charge < -0.3 is 25.1 Å². The number of carbonyl (C=O) groups excluding carboxylic acids is 2. The first-order valence-electron chi connectivity index (χ1n) is 15.3. The van der Waals surface area contributed by atoms with E-state index in [1.165, 1.54) is 24.9 Å². The Bertz CT molecular complexity index is 1850. The van der Waals surface area contributed by atoms with Crippen LogP contribution in [0.2, 0.25) is 0 Å². The highest BCUT2D eigenvalue weighted by Crippen LogP contribution is 2.48. The highest BCUT2D eigenvalue weighted by Gasteiger charge is 2.42. The van der Waals surface area contributed by atoms with E-state index in [0.717, 1.165) is 21.4 Å². The lowest BCUT2D eigenvalue weighted by molar-refractivity contribution is -0.645. The molecule has 1 saturated heterocycles. The van der Waals surface area contributed by atoms with E-state index >= 15 is 0 Å². The van der Waals surface area contributed by atoms with Crippen LogP contribution in [0.5, 0.6) is 0 Å². The number of anilines is 1. The fourth-order valence-electron chi connectivity index (χ4n) is 5.69. The van der Waals surface area contributed by atoms with E-state index in [1.54, 1.807) is 54.6 Å². The van der Waals surface area contributed by atoms with Gasteiger partial charge in [0, 0.05) is 46.2 Å². The van der Waals surface area contributed by atoms with Gasteiger partial charge in [0.2, 0.25) is 0 Å². The molecule has 1 unspecified atom stereocenters. The van der Waals surface area contributed by atoms with Gasteiger partial charge >= 0.3 is 0 Å². The number of ketones is 1. The topological polar surface area (TPSA) is 112 Å². The van der Waals surface area contributed by atoms with Crippen LogP contribution in [0.1, 0.15) is 68.2 Å². The van der Waals surface area contributed by atoms with Crippen molar-refractivity contribution < 1.29 is 28.9 Å². The minimum absolute atomic E-state index is 0.0703. The van der Waals surface area contributed by atoms with Crippen molar-refractivity contribution >= 4 is 29.1 Å². The number of carbonyl (C=O) groups is 2. The maximum atomic E-state index is 13.3. The van der Waals surface area contributed by atoms with E-state index in [-0.39, 0.29) is 24.2 Å². The molecule has 5 aromatic rings. The quantitative estimate of drug-likeness (QED) is 0.0728. The van der Waals surface area contributed by atoms with Gasteiger partial charge in [0.25, 0.3) is 10.9 Å². The number of aliphatic hydroxyl groups excluding tert-OH is 1. The summed E-state index contributed by atoms with van der Waals surface area (Å²) < 4.78 is 14.3. The molecule has 1 fully saturated rings. The molecule has 8 nitrogen and oxygen atoms in total. The van der Waals surface area contributed by atoms with Gasteiger partial charge in [-0.3, -0.25) is 9.59 Å². The molecular weight excluding hydrogens is 612 g/mol. The third kappa shape index (κ3) is 7.61. The van der Waals surface area contributed by atoms with Crippen LogP contribution in [0.4, 0.5) is 5.69 Å². The standard InChI is InChI=1S/C38H34N2O6S/c1-25(42)29-11-8-14-32(22-29)39-37(43)30-12-7-13-31(21-30)38-45-33(24-47-34-15-5-6-20-40(34)44)35(27-9-3-2-4-10-27)36(46-38)28-18-16-26(23-41)17-19-28/h2-22,33,35-36,38,41H,23-24H2,1H3,(H,39,43)/t33-,35-,36+,38?/m1/s1. The number of pyridine rings is 1. The van der Waals surface area contributed by atoms with Gasteiger partial charge in [-0.1, -0.05) is 90.6 Å². The molecule has 238 valence electrons. The van der Waals surface area contributed by atoms with E-state index in [2.05, 4.69) is 5.32 Å². The van der Waals surface area contributed by atoms with Crippen molar-refractivity contribution in [1.29, 1.82) is 0 Å². The van der Waals surface area contributed by atoms with Crippen LogP contribution in [0.3, 0.4) is 0 Å². The average molecular weight is 647 g/mol. The Kier molecular flexibility index (Phi) is 10.1. The first-order chi connectivity index (χ1) is 22.9. The van der Waals surface area contributed by atoms with Crippen molar-refractivity contribution in [2.75, 3.05) is 11.1 Å². The molecule has 0 saturated carbocycles. The summed E-state index contributed by atoms with van der Waals surface area (Å²) in [6.45, 7) is 1.41. The molecule has 6 rings (SSSR count). The third-order valence-corrected chi connectivity index (χ3v) is 9.21. The van der Waals surface area contributed by atoms with Crippen LogP contribution in [0.15, 0.2) is 133 Å². The van der Waals surface area contributed by atoms with Gasteiger partial charge in [0.15, 0.2) is 18.3 Å². The van der Waals surface area contributed by atoms with Crippen molar-refractivity contribution in [3.63, 3.8) is 0 Å².